The highest BCUT2D eigenvalue weighted by molar-refractivity contribution is 9.10. The number of morpholine rings is 1. The van der Waals surface area contributed by atoms with Crippen LogP contribution in [0.5, 0.6) is 0 Å². The number of amides is 1. The number of aryl methyl sites for hydroxylation is 1. The van der Waals surface area contributed by atoms with E-state index in [1.165, 1.54) is 6.08 Å². The van der Waals surface area contributed by atoms with Crippen molar-refractivity contribution in [2.45, 2.75) is 33.0 Å². The molecule has 1 heterocycles. The summed E-state index contributed by atoms with van der Waals surface area (Å²) in [6.07, 6.45) is 2.97. The summed E-state index contributed by atoms with van der Waals surface area (Å²) in [5.41, 5.74) is 2.00. The number of hydrogen-bond acceptors (Lipinski definition) is 4. The van der Waals surface area contributed by atoms with Gasteiger partial charge in [-0.2, -0.15) is 0 Å². The summed E-state index contributed by atoms with van der Waals surface area (Å²) in [6, 6.07) is 5.83. The van der Waals surface area contributed by atoms with Crippen LogP contribution in [0.25, 0.3) is 6.08 Å². The molecule has 0 saturated carbocycles. The molecule has 1 aromatic carbocycles. The van der Waals surface area contributed by atoms with E-state index in [0.717, 1.165) is 15.6 Å². The summed E-state index contributed by atoms with van der Waals surface area (Å²) >= 11 is 3.45. The topological polar surface area (TPSA) is 55.8 Å². The third kappa shape index (κ3) is 5.46. The van der Waals surface area contributed by atoms with Gasteiger partial charge in [-0.25, -0.2) is 4.79 Å². The van der Waals surface area contributed by atoms with Gasteiger partial charge in [0.2, 0.25) is 0 Å². The Kier molecular flexibility index (Phi) is 6.57. The zero-order valence-electron chi connectivity index (χ0n) is 14.1. The zero-order valence-corrected chi connectivity index (χ0v) is 15.7. The molecule has 0 spiro atoms. The summed E-state index contributed by atoms with van der Waals surface area (Å²) in [5.74, 6) is -0.736. The van der Waals surface area contributed by atoms with Crippen LogP contribution in [0.1, 0.15) is 25.0 Å². The van der Waals surface area contributed by atoms with Gasteiger partial charge in [0.15, 0.2) is 6.61 Å². The van der Waals surface area contributed by atoms with Crippen LogP contribution in [0.15, 0.2) is 28.7 Å². The largest absolute Gasteiger partial charge is 0.452 e. The number of hydrogen-bond donors (Lipinski definition) is 0. The van der Waals surface area contributed by atoms with Gasteiger partial charge in [0.05, 0.1) is 12.2 Å². The van der Waals surface area contributed by atoms with Crippen molar-refractivity contribution in [3.05, 3.63) is 39.9 Å². The molecule has 1 fully saturated rings. The highest BCUT2D eigenvalue weighted by Gasteiger charge is 2.26. The zero-order chi connectivity index (χ0) is 17.7. The number of nitrogens with zero attached hydrogens (tertiary/aromatic N) is 1. The second-order valence-corrected chi connectivity index (χ2v) is 6.88. The standard InChI is InChI=1S/C18H22BrNO4/c1-12-4-5-15(16(19)8-12)6-7-18(22)23-11-17(21)20-9-13(2)24-14(3)10-20/h4-8,13-14H,9-11H2,1-3H3/b7-6+/t13-,14-/m1/s1. The summed E-state index contributed by atoms with van der Waals surface area (Å²) < 4.78 is 11.5. The number of esters is 1. The predicted molar refractivity (Wildman–Crippen MR) is 95.5 cm³/mol. The first-order valence-corrected chi connectivity index (χ1v) is 8.68. The fourth-order valence-corrected chi connectivity index (χ4v) is 3.20. The fourth-order valence-electron chi connectivity index (χ4n) is 2.58. The monoisotopic (exact) mass is 395 g/mol. The lowest BCUT2D eigenvalue weighted by Gasteiger charge is -2.35. The fraction of sp³-hybridized carbons (Fsp3) is 0.444. The van der Waals surface area contributed by atoms with Crippen LogP contribution in [0, 0.1) is 6.92 Å². The Labute approximate surface area is 150 Å². The lowest BCUT2D eigenvalue weighted by atomic mass is 10.1. The quantitative estimate of drug-likeness (QED) is 0.580. The minimum absolute atomic E-state index is 0.00724. The highest BCUT2D eigenvalue weighted by Crippen LogP contribution is 2.19. The number of ether oxygens (including phenoxy) is 2. The second-order valence-electron chi connectivity index (χ2n) is 6.02. The van der Waals surface area contributed by atoms with Crippen molar-refractivity contribution in [1.29, 1.82) is 0 Å². The Morgan fingerprint density at radius 2 is 2.00 bits per heavy atom. The maximum Gasteiger partial charge on any atom is 0.331 e. The third-order valence-corrected chi connectivity index (χ3v) is 4.35. The van der Waals surface area contributed by atoms with Gasteiger partial charge >= 0.3 is 5.97 Å². The van der Waals surface area contributed by atoms with E-state index in [4.69, 9.17) is 9.47 Å². The average molecular weight is 396 g/mol. The molecular weight excluding hydrogens is 374 g/mol. The molecule has 6 heteroatoms. The first-order valence-electron chi connectivity index (χ1n) is 7.89. The van der Waals surface area contributed by atoms with Crippen molar-refractivity contribution in [2.24, 2.45) is 0 Å². The molecule has 2 atom stereocenters. The summed E-state index contributed by atoms with van der Waals surface area (Å²) in [4.78, 5) is 25.6. The number of rotatable bonds is 4. The van der Waals surface area contributed by atoms with Gasteiger partial charge in [0.25, 0.3) is 5.91 Å². The van der Waals surface area contributed by atoms with Crippen molar-refractivity contribution >= 4 is 33.9 Å². The first kappa shape index (κ1) is 18.7. The van der Waals surface area contributed by atoms with E-state index in [2.05, 4.69) is 15.9 Å². The summed E-state index contributed by atoms with van der Waals surface area (Å²) in [7, 11) is 0. The Balaban J connectivity index is 1.84. The molecule has 0 bridgehead atoms. The van der Waals surface area contributed by atoms with Crippen LogP contribution in [-0.2, 0) is 19.1 Å². The smallest absolute Gasteiger partial charge is 0.331 e. The molecule has 5 nitrogen and oxygen atoms in total. The predicted octanol–water partition coefficient (Wildman–Crippen LogP) is 2.95. The summed E-state index contributed by atoms with van der Waals surface area (Å²) in [5, 5.41) is 0. The van der Waals surface area contributed by atoms with Gasteiger partial charge in [0.1, 0.15) is 0 Å². The van der Waals surface area contributed by atoms with E-state index < -0.39 is 5.97 Å². The van der Waals surface area contributed by atoms with Crippen LogP contribution >= 0.6 is 15.9 Å². The number of carbonyl (C=O) groups is 2. The van der Waals surface area contributed by atoms with Gasteiger partial charge < -0.3 is 14.4 Å². The molecule has 130 valence electrons. The lowest BCUT2D eigenvalue weighted by molar-refractivity contribution is -0.154. The van der Waals surface area contributed by atoms with E-state index in [1.54, 1.807) is 11.0 Å². The molecule has 24 heavy (non-hydrogen) atoms. The molecule has 0 radical (unpaired) electrons. The van der Waals surface area contributed by atoms with Crippen LogP contribution in [0.4, 0.5) is 0 Å². The van der Waals surface area contributed by atoms with Crippen molar-refractivity contribution in [1.82, 2.24) is 4.90 Å². The van der Waals surface area contributed by atoms with Crippen molar-refractivity contribution in [3.63, 3.8) is 0 Å². The number of carbonyl (C=O) groups excluding carboxylic acids is 2. The van der Waals surface area contributed by atoms with Crippen molar-refractivity contribution in [2.75, 3.05) is 19.7 Å². The van der Waals surface area contributed by atoms with Crippen molar-refractivity contribution in [3.8, 4) is 0 Å². The van der Waals surface area contributed by atoms with Crippen LogP contribution in [0.2, 0.25) is 0 Å². The maximum absolute atomic E-state index is 12.1. The second kappa shape index (κ2) is 8.44. The molecular formula is C18H22BrNO4. The van der Waals surface area contributed by atoms with E-state index in [0.29, 0.717) is 13.1 Å². The van der Waals surface area contributed by atoms with Crippen LogP contribution in [-0.4, -0.2) is 48.7 Å². The molecule has 0 aliphatic carbocycles. The Hall–Kier alpha value is -1.66. The molecule has 1 aliphatic rings. The number of benzene rings is 1. The first-order chi connectivity index (χ1) is 11.3. The maximum atomic E-state index is 12.1. The van der Waals surface area contributed by atoms with Gasteiger partial charge in [0, 0.05) is 23.6 Å². The number of halogens is 1. The molecule has 2 rings (SSSR count). The van der Waals surface area contributed by atoms with Gasteiger partial charge in [-0.05, 0) is 44.0 Å². The lowest BCUT2D eigenvalue weighted by Crippen LogP contribution is -2.49. The van der Waals surface area contributed by atoms with Crippen LogP contribution in [0.3, 0.4) is 0 Å². The molecule has 0 N–H and O–H groups in total. The van der Waals surface area contributed by atoms with E-state index in [1.807, 2.05) is 39.0 Å². The highest BCUT2D eigenvalue weighted by atomic mass is 79.9. The van der Waals surface area contributed by atoms with Gasteiger partial charge in [-0.15, -0.1) is 0 Å². The Morgan fingerprint density at radius 3 is 2.62 bits per heavy atom. The minimum atomic E-state index is -0.537. The Bertz CT molecular complexity index is 634. The normalized spacial score (nSPS) is 21.1. The molecule has 0 unspecified atom stereocenters. The summed E-state index contributed by atoms with van der Waals surface area (Å²) in [6.45, 7) is 6.62. The van der Waals surface area contributed by atoms with Crippen LogP contribution < -0.4 is 0 Å². The van der Waals surface area contributed by atoms with E-state index in [9.17, 15) is 9.59 Å². The molecule has 1 amide bonds. The molecule has 1 aliphatic heterocycles. The average Bonchev–Trinajstić information content (AvgIpc) is 2.50. The molecule has 0 aromatic heterocycles. The molecule has 1 saturated heterocycles. The Morgan fingerprint density at radius 1 is 1.33 bits per heavy atom. The SMILES string of the molecule is Cc1ccc(/C=C/C(=O)OCC(=O)N2C[C@@H](C)O[C@H](C)C2)c(Br)c1. The van der Waals surface area contributed by atoms with Gasteiger partial charge in [-0.1, -0.05) is 28.1 Å². The van der Waals surface area contributed by atoms with Crippen molar-refractivity contribution < 1.29 is 19.1 Å². The van der Waals surface area contributed by atoms with Gasteiger partial charge in [-0.3, -0.25) is 4.79 Å². The third-order valence-electron chi connectivity index (χ3n) is 3.67. The van der Waals surface area contributed by atoms with E-state index in [-0.39, 0.29) is 24.7 Å². The minimum Gasteiger partial charge on any atom is -0.452 e. The molecule has 1 aromatic rings. The van der Waals surface area contributed by atoms with E-state index >= 15 is 0 Å².